The minimum absolute atomic E-state index is 0.00426. The van der Waals surface area contributed by atoms with E-state index in [1.807, 2.05) is 35.3 Å². The number of nitrogens with one attached hydrogen (secondary N) is 1. The molecule has 1 aromatic heterocycles. The van der Waals surface area contributed by atoms with Gasteiger partial charge in [0.15, 0.2) is 0 Å². The van der Waals surface area contributed by atoms with E-state index in [-0.39, 0.29) is 5.91 Å². The molecule has 0 radical (unpaired) electrons. The largest absolute Gasteiger partial charge is 0.325 e. The standard InChI is InChI=1S/C18H23N3OS2/c1-2-18-19-15(13-24-18)11-17(22)20-16-6-4-3-5-14(16)12-21-7-9-23-10-8-21/h3-6,13H,2,7-12H2,1H3,(H,20,22). The summed E-state index contributed by atoms with van der Waals surface area (Å²) in [6.07, 6.45) is 1.26. The second-order valence-electron chi connectivity index (χ2n) is 5.86. The molecule has 3 rings (SSSR count). The fourth-order valence-electron chi connectivity index (χ4n) is 2.73. The molecular formula is C18H23N3OS2. The first-order valence-corrected chi connectivity index (χ1v) is 10.4. The van der Waals surface area contributed by atoms with Crippen molar-refractivity contribution in [3.8, 4) is 0 Å². The molecule has 0 atom stereocenters. The second kappa shape index (κ2) is 8.65. The van der Waals surface area contributed by atoms with Gasteiger partial charge in [-0.3, -0.25) is 9.69 Å². The van der Waals surface area contributed by atoms with Gasteiger partial charge in [-0.25, -0.2) is 4.98 Å². The zero-order chi connectivity index (χ0) is 16.8. The monoisotopic (exact) mass is 361 g/mol. The zero-order valence-electron chi connectivity index (χ0n) is 14.0. The maximum atomic E-state index is 12.4. The number of benzene rings is 1. The number of carbonyl (C=O) groups is 1. The quantitative estimate of drug-likeness (QED) is 0.856. The Morgan fingerprint density at radius 3 is 2.83 bits per heavy atom. The zero-order valence-corrected chi connectivity index (χ0v) is 15.6. The lowest BCUT2D eigenvalue weighted by Gasteiger charge is -2.27. The van der Waals surface area contributed by atoms with Gasteiger partial charge in [-0.15, -0.1) is 11.3 Å². The van der Waals surface area contributed by atoms with E-state index in [1.54, 1.807) is 11.3 Å². The molecule has 1 aliphatic rings. The number of rotatable bonds is 6. The summed E-state index contributed by atoms with van der Waals surface area (Å²) in [5.74, 6) is 2.39. The molecule has 2 aromatic rings. The number of amides is 1. The average Bonchev–Trinajstić information content (AvgIpc) is 3.05. The molecular weight excluding hydrogens is 338 g/mol. The highest BCUT2D eigenvalue weighted by atomic mass is 32.2. The highest BCUT2D eigenvalue weighted by Crippen LogP contribution is 2.20. The minimum atomic E-state index is 0.00426. The number of aromatic nitrogens is 1. The molecule has 1 aromatic carbocycles. The van der Waals surface area contributed by atoms with E-state index in [2.05, 4.69) is 28.2 Å². The van der Waals surface area contributed by atoms with E-state index in [4.69, 9.17) is 0 Å². The molecule has 24 heavy (non-hydrogen) atoms. The first-order chi connectivity index (χ1) is 11.7. The van der Waals surface area contributed by atoms with Crippen molar-refractivity contribution in [3.63, 3.8) is 0 Å². The fourth-order valence-corrected chi connectivity index (χ4v) is 4.46. The van der Waals surface area contributed by atoms with Gasteiger partial charge in [-0.1, -0.05) is 25.1 Å². The van der Waals surface area contributed by atoms with Crippen molar-refractivity contribution in [2.24, 2.45) is 0 Å². The van der Waals surface area contributed by atoms with E-state index in [9.17, 15) is 4.79 Å². The smallest absolute Gasteiger partial charge is 0.230 e. The third-order valence-electron chi connectivity index (χ3n) is 4.03. The molecule has 1 N–H and O–H groups in total. The predicted molar refractivity (Wildman–Crippen MR) is 103 cm³/mol. The van der Waals surface area contributed by atoms with Crippen LogP contribution >= 0.6 is 23.1 Å². The summed E-state index contributed by atoms with van der Waals surface area (Å²) in [7, 11) is 0. The van der Waals surface area contributed by atoms with Gasteiger partial charge in [0.25, 0.3) is 0 Å². The molecule has 1 fully saturated rings. The Morgan fingerprint density at radius 1 is 1.29 bits per heavy atom. The van der Waals surface area contributed by atoms with Crippen LogP contribution in [-0.2, 0) is 24.2 Å². The summed E-state index contributed by atoms with van der Waals surface area (Å²) in [6, 6.07) is 8.11. The molecule has 1 saturated heterocycles. The molecule has 0 bridgehead atoms. The maximum Gasteiger partial charge on any atom is 0.230 e. The second-order valence-corrected chi connectivity index (χ2v) is 8.02. The Hall–Kier alpha value is -1.37. The highest BCUT2D eigenvalue weighted by molar-refractivity contribution is 7.99. The van der Waals surface area contributed by atoms with Crippen LogP contribution in [-0.4, -0.2) is 40.4 Å². The van der Waals surface area contributed by atoms with Crippen LogP contribution in [0.15, 0.2) is 29.6 Å². The lowest BCUT2D eigenvalue weighted by molar-refractivity contribution is -0.115. The number of anilines is 1. The third kappa shape index (κ3) is 4.82. The van der Waals surface area contributed by atoms with E-state index in [1.165, 1.54) is 17.1 Å². The maximum absolute atomic E-state index is 12.4. The van der Waals surface area contributed by atoms with E-state index in [0.29, 0.717) is 6.42 Å². The lowest BCUT2D eigenvalue weighted by atomic mass is 10.1. The Morgan fingerprint density at radius 2 is 2.08 bits per heavy atom. The van der Waals surface area contributed by atoms with E-state index in [0.717, 1.165) is 42.4 Å². The van der Waals surface area contributed by atoms with Gasteiger partial charge in [-0.2, -0.15) is 11.8 Å². The summed E-state index contributed by atoms with van der Waals surface area (Å²) in [5, 5.41) is 6.14. The van der Waals surface area contributed by atoms with E-state index >= 15 is 0 Å². The summed E-state index contributed by atoms with van der Waals surface area (Å²) >= 11 is 3.64. The van der Waals surface area contributed by atoms with Crippen LogP contribution in [0.4, 0.5) is 5.69 Å². The van der Waals surface area contributed by atoms with Gasteiger partial charge in [-0.05, 0) is 18.1 Å². The highest BCUT2D eigenvalue weighted by Gasteiger charge is 2.14. The van der Waals surface area contributed by atoms with Crippen molar-refractivity contribution in [2.45, 2.75) is 26.3 Å². The summed E-state index contributed by atoms with van der Waals surface area (Å²) < 4.78 is 0. The molecule has 1 amide bonds. The van der Waals surface area contributed by atoms with Gasteiger partial charge in [0.2, 0.25) is 5.91 Å². The summed E-state index contributed by atoms with van der Waals surface area (Å²) in [4.78, 5) is 19.3. The van der Waals surface area contributed by atoms with E-state index < -0.39 is 0 Å². The molecule has 4 nitrogen and oxygen atoms in total. The number of thioether (sulfide) groups is 1. The number of carbonyl (C=O) groups excluding carboxylic acids is 1. The van der Waals surface area contributed by atoms with Gasteiger partial charge in [0.05, 0.1) is 17.1 Å². The number of thiazole rings is 1. The molecule has 0 spiro atoms. The van der Waals surface area contributed by atoms with Gasteiger partial charge >= 0.3 is 0 Å². The number of para-hydroxylation sites is 1. The molecule has 0 unspecified atom stereocenters. The summed E-state index contributed by atoms with van der Waals surface area (Å²) in [5.41, 5.74) is 2.97. The number of hydrogen-bond acceptors (Lipinski definition) is 5. The Balaban J connectivity index is 1.62. The lowest BCUT2D eigenvalue weighted by Crippen LogP contribution is -2.32. The van der Waals surface area contributed by atoms with Gasteiger partial charge in [0.1, 0.15) is 0 Å². The third-order valence-corrected chi connectivity index (χ3v) is 6.02. The molecule has 1 aliphatic heterocycles. The number of aryl methyl sites for hydroxylation is 1. The minimum Gasteiger partial charge on any atom is -0.325 e. The molecule has 6 heteroatoms. The van der Waals surface area contributed by atoms with Crippen LogP contribution in [0.1, 0.15) is 23.2 Å². The van der Waals surface area contributed by atoms with Crippen molar-refractivity contribution in [1.29, 1.82) is 0 Å². The molecule has 0 saturated carbocycles. The van der Waals surface area contributed by atoms with Crippen molar-refractivity contribution in [3.05, 3.63) is 45.9 Å². The van der Waals surface area contributed by atoms with Crippen molar-refractivity contribution in [1.82, 2.24) is 9.88 Å². The van der Waals surface area contributed by atoms with Crippen molar-refractivity contribution < 1.29 is 4.79 Å². The number of nitrogens with zero attached hydrogens (tertiary/aromatic N) is 2. The van der Waals surface area contributed by atoms with Crippen molar-refractivity contribution >= 4 is 34.7 Å². The first-order valence-electron chi connectivity index (χ1n) is 8.35. The molecule has 0 aliphatic carbocycles. The first kappa shape index (κ1) is 17.5. The van der Waals surface area contributed by atoms with Gasteiger partial charge < -0.3 is 5.32 Å². The fraction of sp³-hybridized carbons (Fsp3) is 0.444. The predicted octanol–water partition coefficient (Wildman–Crippen LogP) is 3.44. The van der Waals surface area contributed by atoms with Crippen LogP contribution in [0, 0.1) is 0 Å². The van der Waals surface area contributed by atoms with Crippen LogP contribution in [0.5, 0.6) is 0 Å². The molecule has 128 valence electrons. The Bertz CT molecular complexity index is 680. The van der Waals surface area contributed by atoms with Crippen LogP contribution < -0.4 is 5.32 Å². The average molecular weight is 362 g/mol. The van der Waals surface area contributed by atoms with Crippen molar-refractivity contribution in [2.75, 3.05) is 29.9 Å². The summed E-state index contributed by atoms with van der Waals surface area (Å²) in [6.45, 7) is 5.21. The van der Waals surface area contributed by atoms with Crippen LogP contribution in [0.2, 0.25) is 0 Å². The van der Waals surface area contributed by atoms with Crippen LogP contribution in [0.25, 0.3) is 0 Å². The number of hydrogen-bond donors (Lipinski definition) is 1. The SMILES string of the molecule is CCc1nc(CC(=O)Nc2ccccc2CN2CCSCC2)cs1. The molecule has 2 heterocycles. The topological polar surface area (TPSA) is 45.2 Å². The Kier molecular flexibility index (Phi) is 6.29. The van der Waals surface area contributed by atoms with Gasteiger partial charge in [0, 0.05) is 42.2 Å². The Labute approximate surface area is 151 Å². The normalized spacial score (nSPS) is 15.4. The van der Waals surface area contributed by atoms with Crippen LogP contribution in [0.3, 0.4) is 0 Å².